The lowest BCUT2D eigenvalue weighted by atomic mass is 9.83. The van der Waals surface area contributed by atoms with Gasteiger partial charge in [0.2, 0.25) is 0 Å². The van der Waals surface area contributed by atoms with Crippen LogP contribution in [-0.2, 0) is 25.8 Å². The van der Waals surface area contributed by atoms with Gasteiger partial charge in [-0.15, -0.1) is 0 Å². The van der Waals surface area contributed by atoms with Crippen LogP contribution >= 0.6 is 11.6 Å². The normalized spacial score (nSPS) is 15.9. The number of rotatable bonds is 2. The molecule has 0 bridgehead atoms. The topological polar surface area (TPSA) is 27.0 Å². The molecular formula is C28H27ClN2. The van der Waals surface area contributed by atoms with E-state index in [1.54, 1.807) is 0 Å². The van der Waals surface area contributed by atoms with Crippen molar-refractivity contribution in [2.45, 2.75) is 51.5 Å². The lowest BCUT2D eigenvalue weighted by molar-refractivity contribution is 0.616. The number of fused-ring (bicyclic) bond motifs is 2. The van der Waals surface area contributed by atoms with Gasteiger partial charge in [0.25, 0.3) is 0 Å². The first-order valence-electron chi connectivity index (χ1n) is 11.4. The molecule has 1 aliphatic carbocycles. The van der Waals surface area contributed by atoms with E-state index in [2.05, 4.69) is 53.4 Å². The highest BCUT2D eigenvalue weighted by Gasteiger charge is 2.25. The van der Waals surface area contributed by atoms with Crippen molar-refractivity contribution in [1.82, 2.24) is 0 Å². The maximum Gasteiger partial charge on any atom is 0.102 e. The minimum absolute atomic E-state index is 0.758. The van der Waals surface area contributed by atoms with Crippen molar-refractivity contribution < 1.29 is 0 Å². The first-order valence-corrected chi connectivity index (χ1v) is 11.8. The van der Waals surface area contributed by atoms with Crippen LogP contribution in [0.3, 0.4) is 0 Å². The second-order valence-electron chi connectivity index (χ2n) is 8.75. The molecule has 3 aromatic carbocycles. The van der Waals surface area contributed by atoms with Crippen LogP contribution < -0.4 is 4.90 Å². The number of halogens is 1. The first-order chi connectivity index (χ1) is 15.2. The molecule has 0 spiro atoms. The molecule has 156 valence electrons. The van der Waals surface area contributed by atoms with Gasteiger partial charge in [0.05, 0.1) is 11.3 Å². The summed E-state index contributed by atoms with van der Waals surface area (Å²) < 4.78 is 0. The van der Waals surface area contributed by atoms with E-state index in [-0.39, 0.29) is 0 Å². The molecule has 1 aliphatic heterocycles. The quantitative estimate of drug-likeness (QED) is 0.437. The predicted molar refractivity (Wildman–Crippen MR) is 129 cm³/mol. The van der Waals surface area contributed by atoms with Gasteiger partial charge in [-0.2, -0.15) is 5.26 Å². The van der Waals surface area contributed by atoms with Gasteiger partial charge in [-0.1, -0.05) is 60.8 Å². The summed E-state index contributed by atoms with van der Waals surface area (Å²) in [6.45, 7) is 1.81. The third-order valence-electron chi connectivity index (χ3n) is 6.87. The highest BCUT2D eigenvalue weighted by Crippen LogP contribution is 2.39. The number of hydrogen-bond donors (Lipinski definition) is 0. The number of benzene rings is 3. The average Bonchev–Trinajstić information content (AvgIpc) is 2.79. The smallest absolute Gasteiger partial charge is 0.102 e. The lowest BCUT2D eigenvalue weighted by Crippen LogP contribution is -2.31. The Kier molecular flexibility index (Phi) is 5.70. The van der Waals surface area contributed by atoms with Gasteiger partial charge >= 0.3 is 0 Å². The summed E-state index contributed by atoms with van der Waals surface area (Å²) in [7, 11) is 0. The molecule has 0 radical (unpaired) electrons. The Morgan fingerprint density at radius 1 is 0.806 bits per heavy atom. The predicted octanol–water partition coefficient (Wildman–Crippen LogP) is 7.10. The van der Waals surface area contributed by atoms with Crippen molar-refractivity contribution in [3.8, 4) is 17.2 Å². The van der Waals surface area contributed by atoms with Crippen LogP contribution in [0.5, 0.6) is 0 Å². The van der Waals surface area contributed by atoms with Gasteiger partial charge < -0.3 is 4.90 Å². The van der Waals surface area contributed by atoms with Gasteiger partial charge in [0, 0.05) is 18.1 Å². The molecule has 0 saturated heterocycles. The molecule has 0 fully saturated rings. The van der Waals surface area contributed by atoms with Gasteiger partial charge in [-0.25, -0.2) is 0 Å². The molecule has 0 atom stereocenters. The van der Waals surface area contributed by atoms with E-state index in [1.807, 2.05) is 12.1 Å². The standard InChI is InChI=1S/C28H27ClN2/c29-23-13-11-21(12-14-23)26-17-28(31-16-15-20-7-5-6-8-22(20)19-31)27(18-30)25-10-4-2-1-3-9-24(25)26/h5-8,11-14,17H,1-4,9-10,15-16,19H2. The Balaban J connectivity index is 1.67. The Hall–Kier alpha value is -2.76. The fraction of sp³-hybridized carbons (Fsp3) is 0.321. The van der Waals surface area contributed by atoms with Crippen LogP contribution in [0.4, 0.5) is 5.69 Å². The molecule has 2 aliphatic rings. The van der Waals surface area contributed by atoms with Crippen LogP contribution in [0.2, 0.25) is 5.02 Å². The largest absolute Gasteiger partial charge is 0.366 e. The molecule has 0 saturated carbocycles. The van der Waals surface area contributed by atoms with Crippen molar-refractivity contribution in [2.75, 3.05) is 11.4 Å². The molecule has 0 unspecified atom stereocenters. The highest BCUT2D eigenvalue weighted by atomic mass is 35.5. The summed E-state index contributed by atoms with van der Waals surface area (Å²) in [4.78, 5) is 2.42. The van der Waals surface area contributed by atoms with Crippen LogP contribution in [0.1, 0.15) is 53.5 Å². The molecular weight excluding hydrogens is 400 g/mol. The van der Waals surface area contributed by atoms with Crippen molar-refractivity contribution in [2.24, 2.45) is 0 Å². The van der Waals surface area contributed by atoms with E-state index < -0.39 is 0 Å². The summed E-state index contributed by atoms with van der Waals surface area (Å²) in [5.41, 5.74) is 9.93. The van der Waals surface area contributed by atoms with Crippen molar-refractivity contribution in [3.63, 3.8) is 0 Å². The fourth-order valence-electron chi connectivity index (χ4n) is 5.25. The fourth-order valence-corrected chi connectivity index (χ4v) is 5.37. The van der Waals surface area contributed by atoms with Crippen LogP contribution in [0, 0.1) is 11.3 Å². The number of anilines is 1. The second kappa shape index (κ2) is 8.77. The zero-order valence-corrected chi connectivity index (χ0v) is 18.6. The van der Waals surface area contributed by atoms with E-state index >= 15 is 0 Å². The van der Waals surface area contributed by atoms with Gasteiger partial charge in [0.15, 0.2) is 0 Å². The molecule has 2 nitrogen and oxygen atoms in total. The van der Waals surface area contributed by atoms with Gasteiger partial charge in [-0.05, 0) is 83.7 Å². The van der Waals surface area contributed by atoms with Gasteiger partial charge in [-0.3, -0.25) is 0 Å². The van der Waals surface area contributed by atoms with Crippen LogP contribution in [0.15, 0.2) is 54.6 Å². The third kappa shape index (κ3) is 3.95. The Morgan fingerprint density at radius 3 is 2.26 bits per heavy atom. The molecule has 3 aromatic rings. The highest BCUT2D eigenvalue weighted by molar-refractivity contribution is 6.30. The maximum atomic E-state index is 10.3. The lowest BCUT2D eigenvalue weighted by Gasteiger charge is -2.33. The summed E-state index contributed by atoms with van der Waals surface area (Å²) >= 11 is 6.19. The SMILES string of the molecule is N#Cc1c(N2CCc3ccccc3C2)cc(-c2ccc(Cl)cc2)c2c1CCCCCC2. The number of hydrogen-bond acceptors (Lipinski definition) is 2. The van der Waals surface area contributed by atoms with E-state index in [0.717, 1.165) is 55.0 Å². The molecule has 3 heteroatoms. The maximum absolute atomic E-state index is 10.3. The zero-order valence-electron chi connectivity index (χ0n) is 17.8. The van der Waals surface area contributed by atoms with Crippen LogP contribution in [-0.4, -0.2) is 6.54 Å². The Labute approximate surface area is 190 Å². The summed E-state index contributed by atoms with van der Waals surface area (Å²) in [6.07, 6.45) is 7.94. The van der Waals surface area contributed by atoms with Crippen LogP contribution in [0.25, 0.3) is 11.1 Å². The molecule has 1 heterocycles. The summed E-state index contributed by atoms with van der Waals surface area (Å²) in [6, 6.07) is 21.8. The van der Waals surface area contributed by atoms with Crippen molar-refractivity contribution >= 4 is 17.3 Å². The third-order valence-corrected chi connectivity index (χ3v) is 7.12. The molecule has 31 heavy (non-hydrogen) atoms. The summed E-state index contributed by atoms with van der Waals surface area (Å²) in [5.74, 6) is 0. The van der Waals surface area contributed by atoms with Crippen molar-refractivity contribution in [1.29, 1.82) is 5.26 Å². The molecule has 0 aromatic heterocycles. The van der Waals surface area contributed by atoms with Gasteiger partial charge in [0.1, 0.15) is 6.07 Å². The minimum Gasteiger partial charge on any atom is -0.366 e. The molecule has 5 rings (SSSR count). The molecule has 0 N–H and O–H groups in total. The zero-order chi connectivity index (χ0) is 21.2. The summed E-state index contributed by atoms with van der Waals surface area (Å²) in [5, 5.41) is 11.0. The van der Waals surface area contributed by atoms with E-state index in [1.165, 1.54) is 52.6 Å². The van der Waals surface area contributed by atoms with E-state index in [4.69, 9.17) is 11.6 Å². The second-order valence-corrected chi connectivity index (χ2v) is 9.18. The number of nitriles is 1. The van der Waals surface area contributed by atoms with E-state index in [9.17, 15) is 5.26 Å². The number of nitrogens with zero attached hydrogens (tertiary/aromatic N) is 2. The van der Waals surface area contributed by atoms with E-state index in [0.29, 0.717) is 0 Å². The monoisotopic (exact) mass is 426 g/mol. The average molecular weight is 427 g/mol. The minimum atomic E-state index is 0.758. The van der Waals surface area contributed by atoms with Crippen molar-refractivity contribution in [3.05, 3.63) is 87.4 Å². The Morgan fingerprint density at radius 2 is 1.52 bits per heavy atom. The first kappa shape index (κ1) is 20.2. The molecule has 0 amide bonds. The Bertz CT molecular complexity index is 1140.